The number of aliphatic hydroxyl groups is 1. The van der Waals surface area contributed by atoms with Crippen LogP contribution in [0, 0.1) is 0 Å². The maximum atomic E-state index is 13.2. The standard InChI is InChI=1S/C21H20F3N3O3/c1-2-15-5-3-4-6-17(15)27-20(11-18(26-27)21(22,23)24)30-13-19(29)25-16-9-7-14(12-28)8-10-16/h3-11,28H,2,12-13H2,1H3,(H,25,29). The molecule has 30 heavy (non-hydrogen) atoms. The third kappa shape index (κ3) is 4.98. The molecule has 0 bridgehead atoms. The second kappa shape index (κ2) is 9.00. The molecule has 158 valence electrons. The summed E-state index contributed by atoms with van der Waals surface area (Å²) in [5.41, 5.74) is 1.28. The highest BCUT2D eigenvalue weighted by Crippen LogP contribution is 2.32. The van der Waals surface area contributed by atoms with E-state index in [4.69, 9.17) is 9.84 Å². The minimum atomic E-state index is -4.65. The number of aryl methyl sites for hydroxylation is 1. The van der Waals surface area contributed by atoms with Crippen LogP contribution in [0.25, 0.3) is 5.69 Å². The van der Waals surface area contributed by atoms with Crippen LogP contribution in [0.5, 0.6) is 5.88 Å². The average Bonchev–Trinajstić information content (AvgIpc) is 3.17. The Bertz CT molecular complexity index is 1010. The molecule has 1 aromatic heterocycles. The topological polar surface area (TPSA) is 76.4 Å². The number of aliphatic hydroxyl groups excluding tert-OH is 1. The number of ether oxygens (including phenoxy) is 1. The predicted octanol–water partition coefficient (Wildman–Crippen LogP) is 3.96. The Balaban J connectivity index is 1.80. The molecule has 1 amide bonds. The number of aromatic nitrogens is 2. The molecule has 0 aliphatic carbocycles. The summed E-state index contributed by atoms with van der Waals surface area (Å²) in [5.74, 6) is -0.731. The number of nitrogens with one attached hydrogen (secondary N) is 1. The number of halogens is 3. The van der Waals surface area contributed by atoms with Crippen molar-refractivity contribution in [3.63, 3.8) is 0 Å². The molecular formula is C21H20F3N3O3. The van der Waals surface area contributed by atoms with Crippen molar-refractivity contribution in [3.8, 4) is 11.6 Å². The largest absolute Gasteiger partial charge is 0.467 e. The van der Waals surface area contributed by atoms with Gasteiger partial charge in [0.25, 0.3) is 5.91 Å². The molecule has 0 atom stereocenters. The highest BCUT2D eigenvalue weighted by molar-refractivity contribution is 5.91. The summed E-state index contributed by atoms with van der Waals surface area (Å²) in [6, 6.07) is 14.2. The van der Waals surface area contributed by atoms with Crippen LogP contribution in [-0.2, 0) is 24.0 Å². The number of hydrogen-bond acceptors (Lipinski definition) is 4. The molecule has 0 aliphatic heterocycles. The van der Waals surface area contributed by atoms with Crippen LogP contribution in [0.2, 0.25) is 0 Å². The van der Waals surface area contributed by atoms with Crippen molar-refractivity contribution < 1.29 is 27.8 Å². The van der Waals surface area contributed by atoms with E-state index in [1.807, 2.05) is 6.92 Å². The minimum absolute atomic E-state index is 0.123. The summed E-state index contributed by atoms with van der Waals surface area (Å²) in [5, 5.41) is 15.3. The van der Waals surface area contributed by atoms with Gasteiger partial charge in [-0.15, -0.1) is 0 Å². The van der Waals surface area contributed by atoms with Gasteiger partial charge in [0.15, 0.2) is 12.3 Å². The van der Waals surface area contributed by atoms with E-state index in [0.29, 0.717) is 23.4 Å². The van der Waals surface area contributed by atoms with Crippen molar-refractivity contribution in [2.45, 2.75) is 26.1 Å². The number of nitrogens with zero attached hydrogens (tertiary/aromatic N) is 2. The summed E-state index contributed by atoms with van der Waals surface area (Å²) in [7, 11) is 0. The first-order valence-electron chi connectivity index (χ1n) is 9.19. The molecule has 0 unspecified atom stereocenters. The molecular weight excluding hydrogens is 399 g/mol. The van der Waals surface area contributed by atoms with Gasteiger partial charge in [-0.3, -0.25) is 4.79 Å². The van der Waals surface area contributed by atoms with Crippen molar-refractivity contribution in [3.05, 3.63) is 71.4 Å². The zero-order valence-corrected chi connectivity index (χ0v) is 16.1. The summed E-state index contributed by atoms with van der Waals surface area (Å²) >= 11 is 0. The first-order valence-corrected chi connectivity index (χ1v) is 9.19. The molecule has 3 aromatic rings. The van der Waals surface area contributed by atoms with Crippen LogP contribution in [0.4, 0.5) is 18.9 Å². The molecule has 0 fully saturated rings. The maximum Gasteiger partial charge on any atom is 0.435 e. The van der Waals surface area contributed by atoms with E-state index in [0.717, 1.165) is 16.3 Å². The zero-order chi connectivity index (χ0) is 21.7. The van der Waals surface area contributed by atoms with E-state index in [-0.39, 0.29) is 12.5 Å². The predicted molar refractivity (Wildman–Crippen MR) is 104 cm³/mol. The molecule has 3 rings (SSSR count). The van der Waals surface area contributed by atoms with Crippen molar-refractivity contribution >= 4 is 11.6 Å². The summed E-state index contributed by atoms with van der Waals surface area (Å²) in [6.45, 7) is 1.25. The highest BCUT2D eigenvalue weighted by atomic mass is 19.4. The molecule has 0 aliphatic rings. The number of rotatable bonds is 7. The summed E-state index contributed by atoms with van der Waals surface area (Å²) in [6.07, 6.45) is -4.07. The lowest BCUT2D eigenvalue weighted by molar-refractivity contribution is -0.141. The van der Waals surface area contributed by atoms with Crippen LogP contribution in [-0.4, -0.2) is 27.4 Å². The van der Waals surface area contributed by atoms with E-state index in [1.54, 1.807) is 48.5 Å². The van der Waals surface area contributed by atoms with Gasteiger partial charge in [0.05, 0.1) is 12.3 Å². The SMILES string of the molecule is CCc1ccccc1-n1nc(C(F)(F)F)cc1OCC(=O)Nc1ccc(CO)cc1. The lowest BCUT2D eigenvalue weighted by Crippen LogP contribution is -2.21. The van der Waals surface area contributed by atoms with Gasteiger partial charge >= 0.3 is 6.18 Å². The normalized spacial score (nSPS) is 11.4. The second-order valence-corrected chi connectivity index (χ2v) is 6.45. The molecule has 1 heterocycles. The van der Waals surface area contributed by atoms with Gasteiger partial charge in [-0.2, -0.15) is 18.3 Å². The fourth-order valence-corrected chi connectivity index (χ4v) is 2.82. The van der Waals surface area contributed by atoms with Crippen molar-refractivity contribution in [1.29, 1.82) is 0 Å². The van der Waals surface area contributed by atoms with Gasteiger partial charge in [-0.1, -0.05) is 37.3 Å². The van der Waals surface area contributed by atoms with Gasteiger partial charge < -0.3 is 15.2 Å². The smallest absolute Gasteiger partial charge is 0.435 e. The molecule has 0 saturated heterocycles. The zero-order valence-electron chi connectivity index (χ0n) is 16.1. The fourth-order valence-electron chi connectivity index (χ4n) is 2.82. The van der Waals surface area contributed by atoms with E-state index in [1.165, 1.54) is 0 Å². The number of amides is 1. The Labute approximate surface area is 170 Å². The summed E-state index contributed by atoms with van der Waals surface area (Å²) < 4.78 is 46.1. The van der Waals surface area contributed by atoms with Crippen LogP contribution in [0.15, 0.2) is 54.6 Å². The Morgan fingerprint density at radius 1 is 1.17 bits per heavy atom. The third-order valence-electron chi connectivity index (χ3n) is 4.34. The molecule has 0 radical (unpaired) electrons. The second-order valence-electron chi connectivity index (χ2n) is 6.45. The number of para-hydroxylation sites is 1. The lowest BCUT2D eigenvalue weighted by atomic mass is 10.1. The molecule has 2 N–H and O–H groups in total. The van der Waals surface area contributed by atoms with Crippen molar-refractivity contribution in [1.82, 2.24) is 9.78 Å². The van der Waals surface area contributed by atoms with Crippen LogP contribution >= 0.6 is 0 Å². The van der Waals surface area contributed by atoms with E-state index in [9.17, 15) is 18.0 Å². The third-order valence-corrected chi connectivity index (χ3v) is 4.34. The number of benzene rings is 2. The van der Waals surface area contributed by atoms with Crippen molar-refractivity contribution in [2.75, 3.05) is 11.9 Å². The van der Waals surface area contributed by atoms with Gasteiger partial charge in [-0.05, 0) is 35.7 Å². The molecule has 0 spiro atoms. The Morgan fingerprint density at radius 3 is 2.50 bits per heavy atom. The minimum Gasteiger partial charge on any atom is -0.467 e. The highest BCUT2D eigenvalue weighted by Gasteiger charge is 2.35. The quantitative estimate of drug-likeness (QED) is 0.608. The fraction of sp³-hybridized carbons (Fsp3) is 0.238. The van der Waals surface area contributed by atoms with Gasteiger partial charge in [0.2, 0.25) is 5.88 Å². The van der Waals surface area contributed by atoms with Crippen molar-refractivity contribution in [2.24, 2.45) is 0 Å². The van der Waals surface area contributed by atoms with Gasteiger partial charge in [0.1, 0.15) is 0 Å². The van der Waals surface area contributed by atoms with Gasteiger partial charge in [0, 0.05) is 11.8 Å². The molecule has 6 nitrogen and oxygen atoms in total. The number of carbonyl (C=O) groups is 1. The summed E-state index contributed by atoms with van der Waals surface area (Å²) in [4.78, 5) is 12.2. The Hall–Kier alpha value is -3.33. The number of hydrogen-bond donors (Lipinski definition) is 2. The number of carbonyl (C=O) groups excluding carboxylic acids is 1. The van der Waals surface area contributed by atoms with E-state index < -0.39 is 24.4 Å². The van der Waals surface area contributed by atoms with Crippen LogP contribution in [0.1, 0.15) is 23.7 Å². The van der Waals surface area contributed by atoms with Crippen LogP contribution < -0.4 is 10.1 Å². The number of anilines is 1. The average molecular weight is 419 g/mol. The first-order chi connectivity index (χ1) is 14.3. The first kappa shape index (κ1) is 21.4. The Morgan fingerprint density at radius 2 is 1.87 bits per heavy atom. The lowest BCUT2D eigenvalue weighted by Gasteiger charge is -2.12. The van der Waals surface area contributed by atoms with Crippen LogP contribution in [0.3, 0.4) is 0 Å². The Kier molecular flexibility index (Phi) is 6.41. The molecule has 2 aromatic carbocycles. The van der Waals surface area contributed by atoms with E-state index in [2.05, 4.69) is 10.4 Å². The molecule has 9 heteroatoms. The monoisotopic (exact) mass is 419 g/mol. The maximum absolute atomic E-state index is 13.2. The van der Waals surface area contributed by atoms with Gasteiger partial charge in [-0.25, -0.2) is 4.68 Å². The van der Waals surface area contributed by atoms with E-state index >= 15 is 0 Å². The molecule has 0 saturated carbocycles. The number of alkyl halides is 3.